The van der Waals surface area contributed by atoms with Gasteiger partial charge in [0.2, 0.25) is 0 Å². The normalized spacial score (nSPS) is 10.9. The Labute approximate surface area is 108 Å². The van der Waals surface area contributed by atoms with Gasteiger partial charge in [-0.2, -0.15) is 13.2 Å². The summed E-state index contributed by atoms with van der Waals surface area (Å²) in [5, 5.41) is 1.71. The fourth-order valence-electron chi connectivity index (χ4n) is 1.20. The molecule has 4 nitrogen and oxygen atoms in total. The predicted octanol–water partition coefficient (Wildman–Crippen LogP) is 2.14. The van der Waals surface area contributed by atoms with Gasteiger partial charge in [-0.05, 0) is 31.2 Å². The van der Waals surface area contributed by atoms with Crippen molar-refractivity contribution in [2.45, 2.75) is 13.1 Å². The van der Waals surface area contributed by atoms with E-state index in [2.05, 4.69) is 0 Å². The Kier molecular flexibility index (Phi) is 5.47. The first-order chi connectivity index (χ1) is 8.90. The lowest BCUT2D eigenvalue weighted by atomic mass is 10.3. The van der Waals surface area contributed by atoms with Gasteiger partial charge in [0.05, 0.1) is 6.61 Å². The third kappa shape index (κ3) is 6.54. The summed E-state index contributed by atoms with van der Waals surface area (Å²) in [7, 11) is 0. The molecule has 19 heavy (non-hydrogen) atoms. The van der Waals surface area contributed by atoms with Crippen LogP contribution in [-0.2, 0) is 4.79 Å². The number of hydrogen-bond acceptors (Lipinski definition) is 3. The van der Waals surface area contributed by atoms with Gasteiger partial charge in [-0.1, -0.05) is 0 Å². The van der Waals surface area contributed by atoms with Gasteiger partial charge in [0.25, 0.3) is 5.91 Å². The molecule has 0 heterocycles. The molecule has 7 heteroatoms. The number of hydrogen-bond donors (Lipinski definition) is 1. The summed E-state index contributed by atoms with van der Waals surface area (Å²) in [6, 6.07) is 6.43. The standard InChI is InChI=1S/C12H14F3NO3/c1-2-18-9-3-5-10(6-4-9)19-7-11(17)16-8-12(13,14)15/h3-6H,2,7-8H2,1H3,(H,16,17). The Balaban J connectivity index is 2.33. The SMILES string of the molecule is CCOc1ccc(OCC(=O)NCC(F)(F)F)cc1. The summed E-state index contributed by atoms with van der Waals surface area (Å²) in [5.74, 6) is 0.202. The molecule has 1 aromatic carbocycles. The minimum Gasteiger partial charge on any atom is -0.494 e. The minimum absolute atomic E-state index is 0.380. The Hall–Kier alpha value is -1.92. The predicted molar refractivity (Wildman–Crippen MR) is 62.2 cm³/mol. The van der Waals surface area contributed by atoms with Crippen LogP contribution in [0.4, 0.5) is 13.2 Å². The van der Waals surface area contributed by atoms with E-state index in [4.69, 9.17) is 9.47 Å². The highest BCUT2D eigenvalue weighted by molar-refractivity contribution is 5.77. The maximum Gasteiger partial charge on any atom is 0.405 e. The van der Waals surface area contributed by atoms with Crippen LogP contribution in [0.15, 0.2) is 24.3 Å². The first kappa shape index (κ1) is 15.1. The van der Waals surface area contributed by atoms with Gasteiger partial charge in [0, 0.05) is 0 Å². The van der Waals surface area contributed by atoms with Gasteiger partial charge >= 0.3 is 6.18 Å². The number of nitrogens with one attached hydrogen (secondary N) is 1. The molecular formula is C12H14F3NO3. The third-order valence-corrected chi connectivity index (χ3v) is 1.99. The van der Waals surface area contributed by atoms with E-state index in [1.54, 1.807) is 29.6 Å². The second-order valence-electron chi connectivity index (χ2n) is 3.58. The molecule has 0 fully saturated rings. The summed E-state index contributed by atoms with van der Waals surface area (Å²) in [5.41, 5.74) is 0. The van der Waals surface area contributed by atoms with E-state index < -0.39 is 25.2 Å². The first-order valence-electron chi connectivity index (χ1n) is 5.60. The van der Waals surface area contributed by atoms with E-state index in [1.165, 1.54) is 0 Å². The monoisotopic (exact) mass is 277 g/mol. The summed E-state index contributed by atoms with van der Waals surface area (Å²) in [4.78, 5) is 11.1. The highest BCUT2D eigenvalue weighted by atomic mass is 19.4. The van der Waals surface area contributed by atoms with Crippen LogP contribution in [0.2, 0.25) is 0 Å². The molecule has 1 amide bonds. The van der Waals surface area contributed by atoms with Crippen LogP contribution in [-0.4, -0.2) is 31.8 Å². The van der Waals surface area contributed by atoms with E-state index >= 15 is 0 Å². The van der Waals surface area contributed by atoms with Crippen molar-refractivity contribution in [1.82, 2.24) is 5.32 Å². The molecule has 0 unspecified atom stereocenters. The van der Waals surface area contributed by atoms with E-state index in [0.717, 1.165) is 0 Å². The molecule has 0 aliphatic rings. The van der Waals surface area contributed by atoms with E-state index in [0.29, 0.717) is 18.1 Å². The molecule has 0 aliphatic carbocycles. The van der Waals surface area contributed by atoms with Crippen molar-refractivity contribution in [1.29, 1.82) is 0 Å². The second kappa shape index (κ2) is 6.86. The molecule has 0 spiro atoms. The lowest BCUT2D eigenvalue weighted by Gasteiger charge is -2.10. The first-order valence-corrected chi connectivity index (χ1v) is 5.60. The maximum absolute atomic E-state index is 11.8. The number of ether oxygens (including phenoxy) is 2. The van der Waals surface area contributed by atoms with E-state index in [-0.39, 0.29) is 0 Å². The number of alkyl halides is 3. The third-order valence-electron chi connectivity index (χ3n) is 1.99. The maximum atomic E-state index is 11.8. The van der Waals surface area contributed by atoms with Crippen molar-refractivity contribution in [3.05, 3.63) is 24.3 Å². The molecule has 1 rings (SSSR count). The summed E-state index contributed by atoms with van der Waals surface area (Å²) in [6.45, 7) is 0.540. The smallest absolute Gasteiger partial charge is 0.405 e. The molecule has 0 aromatic heterocycles. The van der Waals surface area contributed by atoms with Crippen molar-refractivity contribution in [3.8, 4) is 11.5 Å². The average molecular weight is 277 g/mol. The molecule has 0 saturated carbocycles. The molecule has 0 radical (unpaired) electrons. The highest BCUT2D eigenvalue weighted by Gasteiger charge is 2.27. The Morgan fingerprint density at radius 2 is 1.68 bits per heavy atom. The van der Waals surface area contributed by atoms with Crippen LogP contribution in [0.3, 0.4) is 0 Å². The summed E-state index contributed by atoms with van der Waals surface area (Å²) in [6.07, 6.45) is -4.42. The number of carbonyl (C=O) groups excluding carboxylic acids is 1. The zero-order valence-corrected chi connectivity index (χ0v) is 10.3. The zero-order chi connectivity index (χ0) is 14.3. The van der Waals surface area contributed by atoms with Crippen molar-refractivity contribution in [2.24, 2.45) is 0 Å². The Morgan fingerprint density at radius 3 is 2.16 bits per heavy atom. The van der Waals surface area contributed by atoms with Crippen LogP contribution >= 0.6 is 0 Å². The van der Waals surface area contributed by atoms with E-state index in [1.807, 2.05) is 6.92 Å². The molecular weight excluding hydrogens is 263 g/mol. The molecule has 106 valence electrons. The topological polar surface area (TPSA) is 47.6 Å². The number of halogens is 3. The summed E-state index contributed by atoms with van der Waals surface area (Å²) >= 11 is 0. The summed E-state index contributed by atoms with van der Waals surface area (Å²) < 4.78 is 45.7. The van der Waals surface area contributed by atoms with Gasteiger partial charge in [-0.25, -0.2) is 0 Å². The number of carbonyl (C=O) groups is 1. The molecule has 0 saturated heterocycles. The Morgan fingerprint density at radius 1 is 1.16 bits per heavy atom. The fraction of sp³-hybridized carbons (Fsp3) is 0.417. The van der Waals surface area contributed by atoms with Crippen LogP contribution in [0.5, 0.6) is 11.5 Å². The molecule has 1 N–H and O–H groups in total. The fourth-order valence-corrected chi connectivity index (χ4v) is 1.20. The van der Waals surface area contributed by atoms with Crippen molar-refractivity contribution < 1.29 is 27.4 Å². The number of benzene rings is 1. The van der Waals surface area contributed by atoms with Crippen LogP contribution in [0.1, 0.15) is 6.92 Å². The van der Waals surface area contributed by atoms with Gasteiger partial charge in [0.15, 0.2) is 6.61 Å². The van der Waals surface area contributed by atoms with Crippen molar-refractivity contribution in [3.63, 3.8) is 0 Å². The second-order valence-corrected chi connectivity index (χ2v) is 3.58. The molecule has 0 atom stereocenters. The lowest BCUT2D eigenvalue weighted by Crippen LogP contribution is -2.36. The van der Waals surface area contributed by atoms with E-state index in [9.17, 15) is 18.0 Å². The number of amides is 1. The molecule has 0 aliphatic heterocycles. The molecule has 1 aromatic rings. The average Bonchev–Trinajstić information content (AvgIpc) is 2.35. The van der Waals surface area contributed by atoms with Crippen LogP contribution < -0.4 is 14.8 Å². The highest BCUT2D eigenvalue weighted by Crippen LogP contribution is 2.17. The van der Waals surface area contributed by atoms with Gasteiger partial charge in [-0.15, -0.1) is 0 Å². The largest absolute Gasteiger partial charge is 0.494 e. The quantitative estimate of drug-likeness (QED) is 0.866. The van der Waals surface area contributed by atoms with Gasteiger partial charge < -0.3 is 14.8 Å². The van der Waals surface area contributed by atoms with Crippen molar-refractivity contribution in [2.75, 3.05) is 19.8 Å². The lowest BCUT2D eigenvalue weighted by molar-refractivity contribution is -0.139. The number of rotatable bonds is 6. The van der Waals surface area contributed by atoms with Gasteiger partial charge in [0.1, 0.15) is 18.0 Å². The zero-order valence-electron chi connectivity index (χ0n) is 10.3. The molecule has 0 bridgehead atoms. The Bertz CT molecular complexity index is 404. The van der Waals surface area contributed by atoms with Crippen LogP contribution in [0.25, 0.3) is 0 Å². The van der Waals surface area contributed by atoms with Crippen LogP contribution in [0, 0.1) is 0 Å². The van der Waals surface area contributed by atoms with Gasteiger partial charge in [-0.3, -0.25) is 4.79 Å². The minimum atomic E-state index is -4.42. The van der Waals surface area contributed by atoms with Crippen molar-refractivity contribution >= 4 is 5.91 Å².